The number of hydrogen-bond donors (Lipinski definition) is 1. The quantitative estimate of drug-likeness (QED) is 0.903. The molecule has 1 amide bonds. The highest BCUT2D eigenvalue weighted by Crippen LogP contribution is 2.37. The molecule has 23 heavy (non-hydrogen) atoms. The molecule has 2 saturated heterocycles. The van der Waals surface area contributed by atoms with Crippen LogP contribution in [0, 0.1) is 5.41 Å². The molecule has 0 aromatic heterocycles. The fraction of sp³-hybridized carbons (Fsp3) is 0.611. The molecule has 0 bridgehead atoms. The highest BCUT2D eigenvalue weighted by Gasteiger charge is 2.37. The minimum Gasteiger partial charge on any atom is -0.493 e. The molecule has 2 heterocycles. The summed E-state index contributed by atoms with van der Waals surface area (Å²) in [5.74, 6) is 1.59. The number of hydrogen-bond acceptors (Lipinski definition) is 4. The van der Waals surface area contributed by atoms with Crippen molar-refractivity contribution in [3.63, 3.8) is 0 Å². The number of ether oxygens (including phenoxy) is 2. The summed E-state index contributed by atoms with van der Waals surface area (Å²) in [6, 6.07) is 7.52. The average molecular weight is 318 g/mol. The molecule has 3 rings (SSSR count). The number of nitrogens with one attached hydrogen (secondary N) is 1. The van der Waals surface area contributed by atoms with E-state index in [4.69, 9.17) is 9.47 Å². The minimum absolute atomic E-state index is 0.195. The van der Waals surface area contributed by atoms with Crippen molar-refractivity contribution in [3.05, 3.63) is 24.3 Å². The van der Waals surface area contributed by atoms with E-state index in [9.17, 15) is 4.79 Å². The van der Waals surface area contributed by atoms with Gasteiger partial charge in [0, 0.05) is 19.6 Å². The van der Waals surface area contributed by atoms with E-state index in [1.165, 1.54) is 6.42 Å². The lowest BCUT2D eigenvalue weighted by Crippen LogP contribution is -2.44. The summed E-state index contributed by atoms with van der Waals surface area (Å²) >= 11 is 0. The second kappa shape index (κ2) is 7.21. The molecule has 0 aliphatic carbocycles. The first kappa shape index (κ1) is 16.1. The number of methoxy groups -OCH3 is 1. The van der Waals surface area contributed by atoms with Crippen LogP contribution >= 0.6 is 0 Å². The lowest BCUT2D eigenvalue weighted by Gasteiger charge is -2.38. The van der Waals surface area contributed by atoms with Crippen LogP contribution in [0.3, 0.4) is 0 Å². The van der Waals surface area contributed by atoms with Gasteiger partial charge in [-0.1, -0.05) is 12.1 Å². The van der Waals surface area contributed by atoms with Crippen molar-refractivity contribution in [2.24, 2.45) is 5.41 Å². The number of rotatable bonds is 5. The molecule has 5 nitrogen and oxygen atoms in total. The van der Waals surface area contributed by atoms with Gasteiger partial charge in [0.05, 0.1) is 20.1 Å². The van der Waals surface area contributed by atoms with Gasteiger partial charge in [-0.2, -0.15) is 0 Å². The van der Waals surface area contributed by atoms with Crippen molar-refractivity contribution in [1.82, 2.24) is 10.2 Å². The highest BCUT2D eigenvalue weighted by molar-refractivity contribution is 5.76. The van der Waals surface area contributed by atoms with Crippen LogP contribution in [0.5, 0.6) is 11.5 Å². The molecule has 0 radical (unpaired) electrons. The number of piperidine rings is 1. The van der Waals surface area contributed by atoms with Crippen LogP contribution in [0.4, 0.5) is 0 Å². The van der Waals surface area contributed by atoms with Gasteiger partial charge in [-0.15, -0.1) is 0 Å². The Bertz CT molecular complexity index is 531. The summed E-state index contributed by atoms with van der Waals surface area (Å²) in [7, 11) is 1.62. The number of carbonyl (C=O) groups excluding carboxylic acids is 1. The van der Waals surface area contributed by atoms with Gasteiger partial charge in [-0.05, 0) is 43.4 Å². The Morgan fingerprint density at radius 3 is 2.61 bits per heavy atom. The number of benzene rings is 1. The molecule has 1 aromatic carbocycles. The van der Waals surface area contributed by atoms with Gasteiger partial charge in [0.15, 0.2) is 11.5 Å². The number of amides is 1. The first-order valence-corrected chi connectivity index (χ1v) is 8.47. The summed E-state index contributed by atoms with van der Waals surface area (Å²) in [6.45, 7) is 4.40. The van der Waals surface area contributed by atoms with E-state index in [-0.39, 0.29) is 5.91 Å². The Kier molecular flexibility index (Phi) is 5.06. The molecule has 1 aromatic rings. The number of likely N-dealkylation sites (tertiary alicyclic amines) is 1. The summed E-state index contributed by atoms with van der Waals surface area (Å²) < 4.78 is 10.9. The Balaban J connectivity index is 1.43. The van der Waals surface area contributed by atoms with E-state index < -0.39 is 0 Å². The van der Waals surface area contributed by atoms with E-state index in [0.717, 1.165) is 39.0 Å². The van der Waals surface area contributed by atoms with Crippen LogP contribution in [0.25, 0.3) is 0 Å². The molecule has 126 valence electrons. The van der Waals surface area contributed by atoms with Gasteiger partial charge < -0.3 is 19.7 Å². The molecular formula is C18H26N2O3. The third-order valence-electron chi connectivity index (χ3n) is 5.15. The van der Waals surface area contributed by atoms with Crippen molar-refractivity contribution in [3.8, 4) is 11.5 Å². The summed E-state index contributed by atoms with van der Waals surface area (Å²) in [6.07, 6.45) is 3.92. The fourth-order valence-electron chi connectivity index (χ4n) is 3.60. The monoisotopic (exact) mass is 318 g/mol. The molecule has 0 atom stereocenters. The van der Waals surface area contributed by atoms with Crippen LogP contribution < -0.4 is 14.8 Å². The maximum Gasteiger partial charge on any atom is 0.225 e. The van der Waals surface area contributed by atoms with E-state index >= 15 is 0 Å². The van der Waals surface area contributed by atoms with Crippen molar-refractivity contribution in [2.75, 3.05) is 39.9 Å². The van der Waals surface area contributed by atoms with Gasteiger partial charge in [0.2, 0.25) is 5.91 Å². The third kappa shape index (κ3) is 3.78. The zero-order valence-corrected chi connectivity index (χ0v) is 13.8. The molecule has 2 aliphatic heterocycles. The zero-order chi connectivity index (χ0) is 16.1. The average Bonchev–Trinajstić information content (AvgIpc) is 3.04. The topological polar surface area (TPSA) is 50.8 Å². The van der Waals surface area contributed by atoms with Gasteiger partial charge in [0.25, 0.3) is 0 Å². The standard InChI is InChI=1S/C18H26N2O3/c1-22-15-4-2-3-5-16(15)23-13-6-17(21)20-11-8-18(9-12-20)7-10-19-14-18/h2-5,19H,6-14H2,1H3. The smallest absolute Gasteiger partial charge is 0.225 e. The lowest BCUT2D eigenvalue weighted by atomic mass is 9.78. The lowest BCUT2D eigenvalue weighted by molar-refractivity contribution is -0.133. The third-order valence-corrected chi connectivity index (χ3v) is 5.15. The van der Waals surface area contributed by atoms with E-state index in [1.54, 1.807) is 7.11 Å². The molecule has 1 spiro atoms. The van der Waals surface area contributed by atoms with Gasteiger partial charge in [0.1, 0.15) is 0 Å². The van der Waals surface area contributed by atoms with Crippen molar-refractivity contribution < 1.29 is 14.3 Å². The van der Waals surface area contributed by atoms with E-state index in [2.05, 4.69) is 5.32 Å². The van der Waals surface area contributed by atoms with Crippen molar-refractivity contribution >= 4 is 5.91 Å². The Hall–Kier alpha value is -1.75. The second-order valence-electron chi connectivity index (χ2n) is 6.56. The minimum atomic E-state index is 0.195. The predicted octanol–water partition coefficient (Wildman–Crippen LogP) is 2.07. The maximum absolute atomic E-state index is 12.3. The van der Waals surface area contributed by atoms with Gasteiger partial charge >= 0.3 is 0 Å². The molecule has 5 heteroatoms. The normalized spacial score (nSPS) is 19.8. The number of nitrogens with zero attached hydrogens (tertiary/aromatic N) is 1. The van der Waals surface area contributed by atoms with E-state index in [1.807, 2.05) is 29.2 Å². The van der Waals surface area contributed by atoms with Gasteiger partial charge in [-0.3, -0.25) is 4.79 Å². The first-order valence-electron chi connectivity index (χ1n) is 8.47. The fourth-order valence-corrected chi connectivity index (χ4v) is 3.60. The molecular weight excluding hydrogens is 292 g/mol. The Morgan fingerprint density at radius 2 is 1.96 bits per heavy atom. The molecule has 2 aliphatic rings. The van der Waals surface area contributed by atoms with Crippen LogP contribution in [0.1, 0.15) is 25.7 Å². The van der Waals surface area contributed by atoms with Crippen molar-refractivity contribution in [1.29, 1.82) is 0 Å². The second-order valence-corrected chi connectivity index (χ2v) is 6.56. The Labute approximate surface area is 137 Å². The zero-order valence-electron chi connectivity index (χ0n) is 13.8. The van der Waals surface area contributed by atoms with Crippen LogP contribution in [-0.4, -0.2) is 50.7 Å². The van der Waals surface area contributed by atoms with Crippen LogP contribution in [-0.2, 0) is 4.79 Å². The SMILES string of the molecule is COc1ccccc1OCCC(=O)N1CCC2(CCNC2)CC1. The largest absolute Gasteiger partial charge is 0.493 e. The molecule has 0 unspecified atom stereocenters. The summed E-state index contributed by atoms with van der Waals surface area (Å²) in [5.41, 5.74) is 0.449. The maximum atomic E-state index is 12.3. The van der Waals surface area contributed by atoms with Crippen LogP contribution in [0.2, 0.25) is 0 Å². The van der Waals surface area contributed by atoms with Crippen LogP contribution in [0.15, 0.2) is 24.3 Å². The first-order chi connectivity index (χ1) is 11.2. The summed E-state index contributed by atoms with van der Waals surface area (Å²) in [4.78, 5) is 14.3. The highest BCUT2D eigenvalue weighted by atomic mass is 16.5. The summed E-state index contributed by atoms with van der Waals surface area (Å²) in [5, 5.41) is 3.45. The number of para-hydroxylation sites is 2. The van der Waals surface area contributed by atoms with Gasteiger partial charge in [-0.25, -0.2) is 0 Å². The predicted molar refractivity (Wildman–Crippen MR) is 88.8 cm³/mol. The number of carbonyl (C=O) groups is 1. The van der Waals surface area contributed by atoms with E-state index in [0.29, 0.717) is 29.9 Å². The molecule has 0 saturated carbocycles. The van der Waals surface area contributed by atoms with Crippen molar-refractivity contribution in [2.45, 2.75) is 25.7 Å². The Morgan fingerprint density at radius 1 is 1.22 bits per heavy atom. The molecule has 1 N–H and O–H groups in total. The molecule has 2 fully saturated rings.